The molecule has 1 atom stereocenters. The lowest BCUT2D eigenvalue weighted by Gasteiger charge is -2.16. The van der Waals surface area contributed by atoms with Crippen molar-refractivity contribution in [2.75, 3.05) is 0 Å². The minimum atomic E-state index is 0.157. The molecule has 2 aromatic heterocycles. The lowest BCUT2D eigenvalue weighted by molar-refractivity contribution is 0.341. The Kier molecular flexibility index (Phi) is 3.43. The van der Waals surface area contributed by atoms with Gasteiger partial charge >= 0.3 is 0 Å². The van der Waals surface area contributed by atoms with Gasteiger partial charge in [-0.15, -0.1) is 11.3 Å². The molecule has 2 heterocycles. The van der Waals surface area contributed by atoms with E-state index in [1.165, 1.54) is 25.7 Å². The van der Waals surface area contributed by atoms with E-state index in [1.54, 1.807) is 11.3 Å². The largest absolute Gasteiger partial charge is 0.339 e. The van der Waals surface area contributed by atoms with Crippen LogP contribution in [0.5, 0.6) is 0 Å². The van der Waals surface area contributed by atoms with Crippen molar-refractivity contribution in [2.45, 2.75) is 38.1 Å². The van der Waals surface area contributed by atoms with Gasteiger partial charge in [0.2, 0.25) is 11.7 Å². The van der Waals surface area contributed by atoms with Gasteiger partial charge in [0.15, 0.2) is 0 Å². The van der Waals surface area contributed by atoms with Gasteiger partial charge in [-0.3, -0.25) is 0 Å². The molecule has 1 aliphatic rings. The fourth-order valence-electron chi connectivity index (χ4n) is 2.60. The Labute approximate surface area is 110 Å². The minimum Gasteiger partial charge on any atom is -0.339 e. The van der Waals surface area contributed by atoms with Gasteiger partial charge < -0.3 is 10.3 Å². The van der Waals surface area contributed by atoms with E-state index in [1.807, 2.05) is 17.5 Å². The van der Waals surface area contributed by atoms with Crippen LogP contribution < -0.4 is 5.73 Å². The van der Waals surface area contributed by atoms with E-state index in [0.717, 1.165) is 4.88 Å². The van der Waals surface area contributed by atoms with Gasteiger partial charge in [0.05, 0.1) is 4.88 Å². The average molecular weight is 263 g/mol. The van der Waals surface area contributed by atoms with Crippen LogP contribution in [-0.2, 0) is 6.42 Å². The van der Waals surface area contributed by atoms with Crippen molar-refractivity contribution in [1.29, 1.82) is 0 Å². The van der Waals surface area contributed by atoms with Crippen LogP contribution in [0.15, 0.2) is 22.0 Å². The number of hydrogen-bond donors (Lipinski definition) is 1. The van der Waals surface area contributed by atoms with E-state index in [-0.39, 0.29) is 6.04 Å². The summed E-state index contributed by atoms with van der Waals surface area (Å²) >= 11 is 1.62. The maximum absolute atomic E-state index is 6.21. The standard InChI is InChI=1S/C13H17N3OS/c14-10(9-4-1-2-5-9)8-12-15-13(16-17-12)11-6-3-7-18-11/h3,6-7,9-10H,1-2,4-5,8,14H2. The Morgan fingerprint density at radius 1 is 1.44 bits per heavy atom. The third-order valence-electron chi connectivity index (χ3n) is 3.63. The normalized spacial score (nSPS) is 18.3. The molecule has 1 fully saturated rings. The molecule has 0 radical (unpaired) electrons. The monoisotopic (exact) mass is 263 g/mol. The van der Waals surface area contributed by atoms with Crippen molar-refractivity contribution in [2.24, 2.45) is 11.7 Å². The molecule has 1 aliphatic carbocycles. The first kappa shape index (κ1) is 11.9. The highest BCUT2D eigenvalue weighted by Gasteiger charge is 2.24. The third-order valence-corrected chi connectivity index (χ3v) is 4.49. The Hall–Kier alpha value is -1.20. The van der Waals surface area contributed by atoms with Crippen LogP contribution in [0.1, 0.15) is 31.6 Å². The van der Waals surface area contributed by atoms with Crippen LogP contribution in [0.4, 0.5) is 0 Å². The summed E-state index contributed by atoms with van der Waals surface area (Å²) in [7, 11) is 0. The molecule has 3 rings (SSSR count). The van der Waals surface area contributed by atoms with Gasteiger partial charge in [-0.25, -0.2) is 0 Å². The van der Waals surface area contributed by atoms with Crippen LogP contribution in [0.2, 0.25) is 0 Å². The highest BCUT2D eigenvalue weighted by molar-refractivity contribution is 7.13. The number of nitrogens with zero attached hydrogens (tertiary/aromatic N) is 2. The zero-order chi connectivity index (χ0) is 12.4. The van der Waals surface area contributed by atoms with Gasteiger partial charge in [0.25, 0.3) is 0 Å². The Morgan fingerprint density at radius 3 is 3.00 bits per heavy atom. The molecule has 96 valence electrons. The van der Waals surface area contributed by atoms with Crippen molar-refractivity contribution in [1.82, 2.24) is 10.1 Å². The summed E-state index contributed by atoms with van der Waals surface area (Å²) in [6.07, 6.45) is 5.80. The SMILES string of the molecule is NC(Cc1nc(-c2cccs2)no1)C1CCCC1. The molecule has 5 heteroatoms. The van der Waals surface area contributed by atoms with E-state index in [2.05, 4.69) is 10.1 Å². The first-order valence-corrected chi connectivity index (χ1v) is 7.33. The van der Waals surface area contributed by atoms with Crippen molar-refractivity contribution < 1.29 is 4.52 Å². The first-order chi connectivity index (χ1) is 8.83. The maximum Gasteiger partial charge on any atom is 0.228 e. The lowest BCUT2D eigenvalue weighted by Crippen LogP contribution is -2.30. The summed E-state index contributed by atoms with van der Waals surface area (Å²) < 4.78 is 5.28. The van der Waals surface area contributed by atoms with Crippen LogP contribution in [0, 0.1) is 5.92 Å². The zero-order valence-electron chi connectivity index (χ0n) is 10.2. The predicted octanol–water partition coefficient (Wildman–Crippen LogP) is 2.86. The highest BCUT2D eigenvalue weighted by Crippen LogP contribution is 2.28. The number of nitrogens with two attached hydrogens (primary N) is 1. The second kappa shape index (κ2) is 5.20. The smallest absolute Gasteiger partial charge is 0.228 e. The molecule has 2 aromatic rings. The summed E-state index contributed by atoms with van der Waals surface area (Å²) in [5.41, 5.74) is 6.21. The molecule has 0 aromatic carbocycles. The molecule has 0 amide bonds. The van der Waals surface area contributed by atoms with E-state index < -0.39 is 0 Å². The van der Waals surface area contributed by atoms with Crippen molar-refractivity contribution in [3.8, 4) is 10.7 Å². The summed E-state index contributed by atoms with van der Waals surface area (Å²) in [5.74, 6) is 1.97. The second-order valence-corrected chi connectivity index (χ2v) is 5.85. The number of hydrogen-bond acceptors (Lipinski definition) is 5. The number of aromatic nitrogens is 2. The van der Waals surface area contributed by atoms with E-state index in [9.17, 15) is 0 Å². The molecule has 2 N–H and O–H groups in total. The number of rotatable bonds is 4. The Bertz CT molecular complexity index is 488. The first-order valence-electron chi connectivity index (χ1n) is 6.45. The molecule has 4 nitrogen and oxygen atoms in total. The van der Waals surface area contributed by atoms with Crippen molar-refractivity contribution in [3.05, 3.63) is 23.4 Å². The number of thiophene rings is 1. The topological polar surface area (TPSA) is 64.9 Å². The summed E-state index contributed by atoms with van der Waals surface area (Å²) in [6.45, 7) is 0. The second-order valence-electron chi connectivity index (χ2n) is 4.90. The molecule has 1 unspecified atom stereocenters. The fraction of sp³-hybridized carbons (Fsp3) is 0.538. The van der Waals surface area contributed by atoms with Gasteiger partial charge in [-0.2, -0.15) is 4.98 Å². The van der Waals surface area contributed by atoms with Gasteiger partial charge in [0.1, 0.15) is 0 Å². The quantitative estimate of drug-likeness (QED) is 0.921. The van der Waals surface area contributed by atoms with E-state index in [0.29, 0.717) is 24.1 Å². The summed E-state index contributed by atoms with van der Waals surface area (Å²) in [6, 6.07) is 4.14. The maximum atomic E-state index is 6.21. The molecule has 0 saturated heterocycles. The van der Waals surface area contributed by atoms with Crippen LogP contribution in [0.25, 0.3) is 10.7 Å². The van der Waals surface area contributed by atoms with Crippen molar-refractivity contribution >= 4 is 11.3 Å². The molecule has 0 bridgehead atoms. The summed E-state index contributed by atoms with van der Waals surface area (Å²) in [4.78, 5) is 5.46. The molecule has 1 saturated carbocycles. The molecular formula is C13H17N3OS. The molecule has 0 aliphatic heterocycles. The molecule has 18 heavy (non-hydrogen) atoms. The van der Waals surface area contributed by atoms with Crippen molar-refractivity contribution in [3.63, 3.8) is 0 Å². The van der Waals surface area contributed by atoms with Gasteiger partial charge in [0, 0.05) is 12.5 Å². The van der Waals surface area contributed by atoms with Crippen LogP contribution >= 0.6 is 11.3 Å². The van der Waals surface area contributed by atoms with Gasteiger partial charge in [-0.05, 0) is 30.2 Å². The predicted molar refractivity (Wildman–Crippen MR) is 71.2 cm³/mol. The average Bonchev–Trinajstić information content (AvgIpc) is 3.12. The zero-order valence-corrected chi connectivity index (χ0v) is 11.0. The fourth-order valence-corrected chi connectivity index (χ4v) is 3.25. The van der Waals surface area contributed by atoms with Crippen LogP contribution in [0.3, 0.4) is 0 Å². The third kappa shape index (κ3) is 2.47. The highest BCUT2D eigenvalue weighted by atomic mass is 32.1. The molecule has 0 spiro atoms. The Morgan fingerprint density at radius 2 is 2.28 bits per heavy atom. The Balaban J connectivity index is 1.66. The summed E-state index contributed by atoms with van der Waals surface area (Å²) in [5, 5.41) is 6.02. The van der Waals surface area contributed by atoms with E-state index in [4.69, 9.17) is 10.3 Å². The van der Waals surface area contributed by atoms with Gasteiger partial charge in [-0.1, -0.05) is 24.1 Å². The van der Waals surface area contributed by atoms with E-state index >= 15 is 0 Å². The molecular weight excluding hydrogens is 246 g/mol. The van der Waals surface area contributed by atoms with Crippen LogP contribution in [-0.4, -0.2) is 16.2 Å². The minimum absolute atomic E-state index is 0.157. The lowest BCUT2D eigenvalue weighted by atomic mass is 9.96.